The summed E-state index contributed by atoms with van der Waals surface area (Å²) in [6, 6.07) is 6.84. The maximum absolute atomic E-state index is 13.4. The summed E-state index contributed by atoms with van der Waals surface area (Å²) < 4.78 is 44.2. The molecule has 0 bridgehead atoms. The quantitative estimate of drug-likeness (QED) is 0.520. The van der Waals surface area contributed by atoms with Crippen LogP contribution in [-0.2, 0) is 4.79 Å². The van der Waals surface area contributed by atoms with E-state index in [2.05, 4.69) is 0 Å². The van der Waals surface area contributed by atoms with Crippen LogP contribution >= 0.6 is 0 Å². The molecular weight excluding hydrogens is 317 g/mol. The lowest BCUT2D eigenvalue weighted by Gasteiger charge is -2.09. The number of ether oxygens (including phenoxy) is 1. The van der Waals surface area contributed by atoms with Gasteiger partial charge in [-0.2, -0.15) is 0 Å². The zero-order valence-corrected chi connectivity index (χ0v) is 11.4. The molecule has 0 heterocycles. The number of carbonyl (C=O) groups excluding carboxylic acids is 1. The Morgan fingerprint density at radius 2 is 1.83 bits per heavy atom. The van der Waals surface area contributed by atoms with Crippen LogP contribution in [0.1, 0.15) is 0 Å². The summed E-state index contributed by atoms with van der Waals surface area (Å²) in [5.41, 5.74) is -0.917. The molecule has 0 radical (unpaired) electrons. The molecule has 120 valence electrons. The first-order chi connectivity index (χ1) is 10.9. The van der Waals surface area contributed by atoms with Crippen LogP contribution < -0.4 is 10.1 Å². The third kappa shape index (κ3) is 3.76. The average Bonchev–Trinajstić information content (AvgIpc) is 2.53. The third-order valence-corrected chi connectivity index (χ3v) is 2.73. The highest BCUT2D eigenvalue weighted by molar-refractivity contribution is 5.92. The molecular formula is C14H9F3N2O4. The van der Waals surface area contributed by atoms with Crippen LogP contribution in [0.3, 0.4) is 0 Å². The lowest BCUT2D eigenvalue weighted by atomic mass is 10.2. The van der Waals surface area contributed by atoms with Crippen molar-refractivity contribution in [2.45, 2.75) is 0 Å². The summed E-state index contributed by atoms with van der Waals surface area (Å²) in [6.45, 7) is -0.677. The molecule has 0 fully saturated rings. The van der Waals surface area contributed by atoms with E-state index in [0.29, 0.717) is 6.07 Å². The molecule has 2 aromatic rings. The van der Waals surface area contributed by atoms with Crippen molar-refractivity contribution in [1.82, 2.24) is 0 Å². The molecule has 0 atom stereocenters. The highest BCUT2D eigenvalue weighted by Crippen LogP contribution is 2.26. The standard InChI is InChI=1S/C14H9F3N2O4/c15-8-5-6-9(14(17)13(8)16)18-12(20)7-23-11-4-2-1-3-10(11)19(21)22/h1-6H,7H2,(H,18,20). The summed E-state index contributed by atoms with van der Waals surface area (Å²) in [6.07, 6.45) is 0. The van der Waals surface area contributed by atoms with Crippen molar-refractivity contribution >= 4 is 17.3 Å². The molecule has 0 saturated heterocycles. The second-order valence-electron chi connectivity index (χ2n) is 4.28. The Bertz CT molecular complexity index is 768. The lowest BCUT2D eigenvalue weighted by Crippen LogP contribution is -2.21. The lowest BCUT2D eigenvalue weighted by molar-refractivity contribution is -0.385. The van der Waals surface area contributed by atoms with Gasteiger partial charge < -0.3 is 10.1 Å². The van der Waals surface area contributed by atoms with Crippen LogP contribution in [0.4, 0.5) is 24.5 Å². The number of hydrogen-bond acceptors (Lipinski definition) is 4. The van der Waals surface area contributed by atoms with Crippen molar-refractivity contribution < 1.29 is 27.6 Å². The van der Waals surface area contributed by atoms with E-state index in [9.17, 15) is 28.1 Å². The minimum absolute atomic E-state index is 0.154. The molecule has 0 unspecified atom stereocenters. The summed E-state index contributed by atoms with van der Waals surface area (Å²) in [7, 11) is 0. The van der Waals surface area contributed by atoms with E-state index in [4.69, 9.17) is 4.74 Å². The van der Waals surface area contributed by atoms with Gasteiger partial charge in [0.2, 0.25) is 0 Å². The number of para-hydroxylation sites is 2. The molecule has 2 rings (SSSR count). The monoisotopic (exact) mass is 326 g/mol. The Kier molecular flexibility index (Phi) is 4.79. The van der Waals surface area contributed by atoms with Gasteiger partial charge in [0.1, 0.15) is 0 Å². The van der Waals surface area contributed by atoms with E-state index < -0.39 is 40.6 Å². The Labute approximate surface area is 127 Å². The number of anilines is 1. The number of nitro benzene ring substituents is 1. The molecule has 0 aliphatic heterocycles. The zero-order chi connectivity index (χ0) is 17.0. The SMILES string of the molecule is O=C(COc1ccccc1[N+](=O)[O-])Nc1ccc(F)c(F)c1F. The van der Waals surface area contributed by atoms with Gasteiger partial charge in [-0.3, -0.25) is 14.9 Å². The average molecular weight is 326 g/mol. The van der Waals surface area contributed by atoms with Crippen molar-refractivity contribution in [3.63, 3.8) is 0 Å². The number of nitrogens with zero attached hydrogens (tertiary/aromatic N) is 1. The number of amides is 1. The van der Waals surface area contributed by atoms with E-state index >= 15 is 0 Å². The molecule has 1 amide bonds. The first-order valence-electron chi connectivity index (χ1n) is 6.19. The summed E-state index contributed by atoms with van der Waals surface area (Å²) in [5, 5.41) is 12.8. The van der Waals surface area contributed by atoms with Crippen molar-refractivity contribution in [3.05, 3.63) is 64.0 Å². The van der Waals surface area contributed by atoms with Crippen molar-refractivity contribution in [2.75, 3.05) is 11.9 Å². The molecule has 6 nitrogen and oxygen atoms in total. The van der Waals surface area contributed by atoms with Crippen molar-refractivity contribution in [2.24, 2.45) is 0 Å². The van der Waals surface area contributed by atoms with Gasteiger partial charge >= 0.3 is 5.69 Å². The highest BCUT2D eigenvalue weighted by Gasteiger charge is 2.17. The number of nitrogens with one attached hydrogen (secondary N) is 1. The van der Waals surface area contributed by atoms with E-state index in [1.54, 1.807) is 0 Å². The Morgan fingerprint density at radius 3 is 2.52 bits per heavy atom. The molecule has 0 aliphatic carbocycles. The fraction of sp³-hybridized carbons (Fsp3) is 0.0714. The van der Waals surface area contributed by atoms with E-state index in [-0.39, 0.29) is 11.4 Å². The predicted molar refractivity (Wildman–Crippen MR) is 73.5 cm³/mol. The van der Waals surface area contributed by atoms with Gasteiger partial charge in [0.25, 0.3) is 5.91 Å². The van der Waals surface area contributed by atoms with Gasteiger partial charge in [0.05, 0.1) is 10.6 Å². The normalized spacial score (nSPS) is 10.2. The van der Waals surface area contributed by atoms with Gasteiger partial charge in [-0.05, 0) is 18.2 Å². The van der Waals surface area contributed by atoms with Crippen LogP contribution in [-0.4, -0.2) is 17.4 Å². The molecule has 0 spiro atoms. The van der Waals surface area contributed by atoms with Crippen LogP contribution in [0.5, 0.6) is 5.75 Å². The fourth-order valence-electron chi connectivity index (χ4n) is 1.68. The first-order valence-corrected chi connectivity index (χ1v) is 6.19. The number of rotatable bonds is 5. The number of carbonyl (C=O) groups is 1. The number of hydrogen-bond donors (Lipinski definition) is 1. The topological polar surface area (TPSA) is 81.5 Å². The summed E-state index contributed by atoms with van der Waals surface area (Å²) in [4.78, 5) is 21.7. The van der Waals surface area contributed by atoms with Crippen LogP contribution in [0, 0.1) is 27.6 Å². The fourth-order valence-corrected chi connectivity index (χ4v) is 1.68. The Balaban J connectivity index is 2.04. The molecule has 1 N–H and O–H groups in total. The third-order valence-electron chi connectivity index (χ3n) is 2.73. The van der Waals surface area contributed by atoms with Crippen molar-refractivity contribution in [3.8, 4) is 5.75 Å². The molecule has 23 heavy (non-hydrogen) atoms. The van der Waals surface area contributed by atoms with Gasteiger partial charge in [-0.15, -0.1) is 0 Å². The Morgan fingerprint density at radius 1 is 1.13 bits per heavy atom. The largest absolute Gasteiger partial charge is 0.477 e. The number of halogens is 3. The second-order valence-corrected chi connectivity index (χ2v) is 4.28. The van der Waals surface area contributed by atoms with Crippen LogP contribution in [0.25, 0.3) is 0 Å². The molecule has 0 saturated carbocycles. The minimum Gasteiger partial charge on any atom is -0.477 e. The maximum atomic E-state index is 13.4. The maximum Gasteiger partial charge on any atom is 0.310 e. The summed E-state index contributed by atoms with van der Waals surface area (Å²) in [5.74, 6) is -5.71. The van der Waals surface area contributed by atoms with Gasteiger partial charge in [0, 0.05) is 6.07 Å². The smallest absolute Gasteiger partial charge is 0.310 e. The molecule has 2 aromatic carbocycles. The summed E-state index contributed by atoms with van der Waals surface area (Å²) >= 11 is 0. The minimum atomic E-state index is -1.72. The van der Waals surface area contributed by atoms with Gasteiger partial charge in [-0.25, -0.2) is 13.2 Å². The first kappa shape index (κ1) is 16.3. The van der Waals surface area contributed by atoms with E-state index in [0.717, 1.165) is 6.07 Å². The highest BCUT2D eigenvalue weighted by atomic mass is 19.2. The van der Waals surface area contributed by atoms with E-state index in [1.807, 2.05) is 5.32 Å². The second kappa shape index (κ2) is 6.77. The number of benzene rings is 2. The Hall–Kier alpha value is -3.10. The molecule has 9 heteroatoms. The predicted octanol–water partition coefficient (Wildman–Crippen LogP) is 3.03. The zero-order valence-electron chi connectivity index (χ0n) is 11.4. The molecule has 0 aliphatic rings. The van der Waals surface area contributed by atoms with Crippen molar-refractivity contribution in [1.29, 1.82) is 0 Å². The van der Waals surface area contributed by atoms with E-state index in [1.165, 1.54) is 24.3 Å². The van der Waals surface area contributed by atoms with Crippen LogP contribution in [0.2, 0.25) is 0 Å². The van der Waals surface area contributed by atoms with Gasteiger partial charge in [0.15, 0.2) is 29.8 Å². The van der Waals surface area contributed by atoms with Gasteiger partial charge in [-0.1, -0.05) is 12.1 Å². The van der Waals surface area contributed by atoms with Crippen LogP contribution in [0.15, 0.2) is 36.4 Å². The molecule has 0 aromatic heterocycles. The number of nitro groups is 1.